The summed E-state index contributed by atoms with van der Waals surface area (Å²) in [5.41, 5.74) is 15.1. The van der Waals surface area contributed by atoms with Gasteiger partial charge in [0.1, 0.15) is 5.82 Å². The number of hydrogen-bond donors (Lipinski definition) is 4. The van der Waals surface area contributed by atoms with Crippen molar-refractivity contribution in [2.24, 2.45) is 11.5 Å². The third-order valence-corrected chi connectivity index (χ3v) is 6.08. The van der Waals surface area contributed by atoms with Crippen molar-refractivity contribution in [2.75, 3.05) is 7.05 Å². The van der Waals surface area contributed by atoms with Crippen LogP contribution in [0.1, 0.15) is 37.8 Å². The molecule has 0 spiro atoms. The molecular formula is C21H26N10. The first kappa shape index (κ1) is 20.6. The van der Waals surface area contributed by atoms with E-state index in [1.165, 1.54) is 6.21 Å². The molecule has 0 aromatic carbocycles. The summed E-state index contributed by atoms with van der Waals surface area (Å²) in [4.78, 5) is 4.79. The van der Waals surface area contributed by atoms with Gasteiger partial charge in [0, 0.05) is 31.1 Å². The summed E-state index contributed by atoms with van der Waals surface area (Å²) in [5, 5.41) is 29.1. The van der Waals surface area contributed by atoms with Crippen molar-refractivity contribution in [2.45, 2.75) is 43.7 Å². The zero-order valence-electron chi connectivity index (χ0n) is 17.4. The van der Waals surface area contributed by atoms with E-state index in [4.69, 9.17) is 21.9 Å². The molecule has 1 aliphatic carbocycles. The Morgan fingerprint density at radius 3 is 2.84 bits per heavy atom. The highest BCUT2D eigenvalue weighted by Crippen LogP contribution is 2.38. The summed E-state index contributed by atoms with van der Waals surface area (Å²) < 4.78 is 3.63. The topological polar surface area (TPSA) is 160 Å². The number of hydrogen-bond acceptors (Lipinski definition) is 8. The van der Waals surface area contributed by atoms with Crippen LogP contribution in [0.15, 0.2) is 36.7 Å². The number of nitriles is 1. The molecule has 3 aromatic rings. The highest BCUT2D eigenvalue weighted by molar-refractivity contribution is 6.08. The number of nitrogens with one attached hydrogen (secondary N) is 2. The van der Waals surface area contributed by atoms with Gasteiger partial charge in [-0.3, -0.25) is 4.68 Å². The summed E-state index contributed by atoms with van der Waals surface area (Å²) in [6.45, 7) is 0. The van der Waals surface area contributed by atoms with Gasteiger partial charge in [-0.1, -0.05) is 0 Å². The van der Waals surface area contributed by atoms with Crippen LogP contribution < -0.4 is 16.8 Å². The van der Waals surface area contributed by atoms with Crippen molar-refractivity contribution in [3.05, 3.63) is 42.4 Å². The van der Waals surface area contributed by atoms with Gasteiger partial charge in [0.2, 0.25) is 0 Å². The predicted molar refractivity (Wildman–Crippen MR) is 118 cm³/mol. The maximum absolute atomic E-state index is 9.46. The van der Waals surface area contributed by atoms with E-state index < -0.39 is 0 Å². The van der Waals surface area contributed by atoms with E-state index in [1.54, 1.807) is 30.2 Å². The van der Waals surface area contributed by atoms with Gasteiger partial charge in [0.15, 0.2) is 0 Å². The summed E-state index contributed by atoms with van der Waals surface area (Å²) in [6.07, 6.45) is 12.1. The van der Waals surface area contributed by atoms with E-state index in [2.05, 4.69) is 21.6 Å². The van der Waals surface area contributed by atoms with Crippen LogP contribution in [0.4, 0.5) is 0 Å². The number of allylic oxidation sites excluding steroid dienone is 1. The standard InChI is InChI=1S/C21H26N10/c1-26-20(25)16(10-23)17-13-30-18(4-9-27-30)19(29-17)14-11-28-31(12-14)21(7-8-22)5-2-15(24)3-6-21/h4,9-13,15,23,26H,2-3,5-7,24-25H2,1H3/b20-16+,23-10?/t15-,21+. The van der Waals surface area contributed by atoms with Gasteiger partial charge in [-0.05, 0) is 31.7 Å². The Bertz CT molecular complexity index is 1170. The summed E-state index contributed by atoms with van der Waals surface area (Å²) in [6, 6.07) is 4.39. The quantitative estimate of drug-likeness (QED) is 0.442. The molecule has 160 valence electrons. The number of nitrogens with zero attached hydrogens (tertiary/aromatic N) is 6. The third-order valence-electron chi connectivity index (χ3n) is 6.08. The molecule has 4 rings (SSSR count). The number of nitrogens with two attached hydrogens (primary N) is 2. The Hall–Kier alpha value is -3.71. The van der Waals surface area contributed by atoms with Gasteiger partial charge in [-0.15, -0.1) is 0 Å². The Labute approximate surface area is 180 Å². The molecule has 3 aromatic heterocycles. The van der Waals surface area contributed by atoms with Crippen LogP contribution >= 0.6 is 0 Å². The van der Waals surface area contributed by atoms with Crippen molar-refractivity contribution in [1.82, 2.24) is 29.7 Å². The molecule has 0 radical (unpaired) electrons. The highest BCUT2D eigenvalue weighted by atomic mass is 15.3. The molecule has 1 fully saturated rings. The Morgan fingerprint density at radius 1 is 1.39 bits per heavy atom. The summed E-state index contributed by atoms with van der Waals surface area (Å²) in [5.74, 6) is 0.349. The molecule has 10 nitrogen and oxygen atoms in total. The lowest BCUT2D eigenvalue weighted by molar-refractivity contribution is 0.166. The highest BCUT2D eigenvalue weighted by Gasteiger charge is 2.37. The van der Waals surface area contributed by atoms with Gasteiger partial charge in [0.05, 0.1) is 59.1 Å². The molecule has 10 heteroatoms. The predicted octanol–water partition coefficient (Wildman–Crippen LogP) is 1.60. The zero-order chi connectivity index (χ0) is 22.0. The van der Waals surface area contributed by atoms with E-state index in [0.717, 1.165) is 36.8 Å². The Morgan fingerprint density at radius 2 is 2.16 bits per heavy atom. The Balaban J connectivity index is 1.82. The number of rotatable bonds is 6. The lowest BCUT2D eigenvalue weighted by Crippen LogP contribution is -2.41. The van der Waals surface area contributed by atoms with E-state index in [-0.39, 0.29) is 11.6 Å². The average Bonchev–Trinajstić information content (AvgIpc) is 3.45. The zero-order valence-corrected chi connectivity index (χ0v) is 17.4. The van der Waals surface area contributed by atoms with Gasteiger partial charge < -0.3 is 22.2 Å². The largest absolute Gasteiger partial charge is 0.385 e. The number of aromatic nitrogens is 5. The summed E-state index contributed by atoms with van der Waals surface area (Å²) in [7, 11) is 1.70. The Kier molecular flexibility index (Phi) is 5.44. The molecule has 0 atom stereocenters. The van der Waals surface area contributed by atoms with E-state index >= 15 is 0 Å². The minimum absolute atomic E-state index is 0.176. The SMILES string of the molecule is CN/C(N)=C(\C=N)c1cn2nccc2c(-c2cnn([C@]3(CC#N)CC[C@H](N)CC3)c2)n1. The van der Waals surface area contributed by atoms with Crippen LogP contribution in [0, 0.1) is 16.7 Å². The molecule has 1 aliphatic rings. The molecule has 0 aliphatic heterocycles. The van der Waals surface area contributed by atoms with E-state index in [1.807, 2.05) is 16.9 Å². The van der Waals surface area contributed by atoms with Gasteiger partial charge in [0.25, 0.3) is 0 Å². The molecule has 0 saturated heterocycles. The van der Waals surface area contributed by atoms with E-state index in [0.29, 0.717) is 29.2 Å². The first-order valence-corrected chi connectivity index (χ1v) is 10.2. The molecule has 0 unspecified atom stereocenters. The van der Waals surface area contributed by atoms with Gasteiger partial charge >= 0.3 is 0 Å². The van der Waals surface area contributed by atoms with Crippen molar-refractivity contribution in [3.63, 3.8) is 0 Å². The first-order valence-electron chi connectivity index (χ1n) is 10.2. The second kappa shape index (κ2) is 8.20. The average molecular weight is 419 g/mol. The summed E-state index contributed by atoms with van der Waals surface area (Å²) >= 11 is 0. The van der Waals surface area contributed by atoms with Crippen molar-refractivity contribution in [1.29, 1.82) is 10.7 Å². The van der Waals surface area contributed by atoms with E-state index in [9.17, 15) is 5.26 Å². The van der Waals surface area contributed by atoms with Crippen molar-refractivity contribution < 1.29 is 0 Å². The van der Waals surface area contributed by atoms with Gasteiger partial charge in [-0.25, -0.2) is 9.50 Å². The molecule has 0 bridgehead atoms. The van der Waals surface area contributed by atoms with Crippen LogP contribution in [-0.4, -0.2) is 43.7 Å². The molecule has 6 N–H and O–H groups in total. The fourth-order valence-electron chi connectivity index (χ4n) is 4.21. The number of fused-ring (bicyclic) bond motifs is 1. The van der Waals surface area contributed by atoms with Crippen LogP contribution in [0.25, 0.3) is 22.3 Å². The normalized spacial score (nSPS) is 22.0. The second-order valence-corrected chi connectivity index (χ2v) is 7.93. The molecule has 3 heterocycles. The maximum atomic E-state index is 9.46. The van der Waals surface area contributed by atoms with Crippen molar-refractivity contribution >= 4 is 17.3 Å². The molecule has 31 heavy (non-hydrogen) atoms. The molecule has 0 amide bonds. The third kappa shape index (κ3) is 3.64. The smallest absolute Gasteiger partial charge is 0.107 e. The second-order valence-electron chi connectivity index (χ2n) is 7.93. The first-order chi connectivity index (χ1) is 15.0. The van der Waals surface area contributed by atoms with Crippen LogP contribution in [-0.2, 0) is 5.54 Å². The monoisotopic (exact) mass is 418 g/mol. The fourth-order valence-corrected chi connectivity index (χ4v) is 4.21. The lowest BCUT2D eigenvalue weighted by Gasteiger charge is -2.38. The van der Waals surface area contributed by atoms with Gasteiger partial charge in [-0.2, -0.15) is 15.5 Å². The fraction of sp³-hybridized carbons (Fsp3) is 0.381. The maximum Gasteiger partial charge on any atom is 0.107 e. The minimum Gasteiger partial charge on any atom is -0.385 e. The molecular weight excluding hydrogens is 392 g/mol. The van der Waals surface area contributed by atoms with Crippen molar-refractivity contribution in [3.8, 4) is 17.3 Å². The van der Waals surface area contributed by atoms with Crippen LogP contribution in [0.2, 0.25) is 0 Å². The van der Waals surface area contributed by atoms with Crippen LogP contribution in [0.3, 0.4) is 0 Å². The van der Waals surface area contributed by atoms with Crippen LogP contribution in [0.5, 0.6) is 0 Å². The minimum atomic E-state index is -0.354. The molecule has 1 saturated carbocycles. The lowest BCUT2D eigenvalue weighted by atomic mass is 9.78.